The van der Waals surface area contributed by atoms with Crippen LogP contribution >= 0.6 is 15.9 Å². The van der Waals surface area contributed by atoms with Crippen LogP contribution in [0.4, 0.5) is 5.69 Å². The second kappa shape index (κ2) is 6.08. The number of hydrogen-bond acceptors (Lipinski definition) is 4. The molecule has 0 radical (unpaired) electrons. The van der Waals surface area contributed by atoms with Crippen molar-refractivity contribution in [1.82, 2.24) is 10.2 Å². The summed E-state index contributed by atoms with van der Waals surface area (Å²) in [5, 5.41) is 6.39. The van der Waals surface area contributed by atoms with Gasteiger partial charge in [0.25, 0.3) is 5.91 Å². The minimum absolute atomic E-state index is 0.142. The van der Waals surface area contributed by atoms with Gasteiger partial charge in [0.2, 0.25) is 11.8 Å². The fourth-order valence-electron chi connectivity index (χ4n) is 2.88. The number of nitrogens with zero attached hydrogens (tertiary/aromatic N) is 1. The molecule has 6 nitrogen and oxygen atoms in total. The topological polar surface area (TPSA) is 78.5 Å². The third-order valence-electron chi connectivity index (χ3n) is 3.95. The van der Waals surface area contributed by atoms with Crippen LogP contribution in [0.1, 0.15) is 28.8 Å². The van der Waals surface area contributed by atoms with Crippen molar-refractivity contribution in [3.8, 4) is 0 Å². The average molecular weight is 366 g/mol. The number of anilines is 1. The number of amides is 3. The van der Waals surface area contributed by atoms with Crippen molar-refractivity contribution in [2.45, 2.75) is 25.4 Å². The van der Waals surface area contributed by atoms with E-state index in [4.69, 9.17) is 0 Å². The molecule has 1 fully saturated rings. The first-order chi connectivity index (χ1) is 10.6. The normalized spacial score (nSPS) is 20.9. The first-order valence-electron chi connectivity index (χ1n) is 7.17. The van der Waals surface area contributed by atoms with E-state index < -0.39 is 6.04 Å². The summed E-state index contributed by atoms with van der Waals surface area (Å²) in [7, 11) is 0. The van der Waals surface area contributed by atoms with Crippen LogP contribution in [0.2, 0.25) is 0 Å². The number of imide groups is 1. The molecule has 1 saturated heterocycles. The average Bonchev–Trinajstić information content (AvgIpc) is 2.82. The van der Waals surface area contributed by atoms with Crippen LogP contribution in [0.5, 0.6) is 0 Å². The van der Waals surface area contributed by atoms with Gasteiger partial charge in [-0.25, -0.2) is 0 Å². The smallest absolute Gasteiger partial charge is 0.255 e. The predicted octanol–water partition coefficient (Wildman–Crippen LogP) is 1.25. The molecular formula is C15H16BrN3O3. The number of piperidine rings is 1. The molecule has 1 aromatic carbocycles. The molecule has 2 N–H and O–H groups in total. The standard InChI is InChI=1S/C15H16BrN3O3/c16-5-6-17-10-1-2-11-9(7-10)8-19(15(11)22)12-3-4-13(20)18-14(12)21/h1-2,7,12,17H,3-6,8H2,(H,18,20,21). The summed E-state index contributed by atoms with van der Waals surface area (Å²) < 4.78 is 0. The highest BCUT2D eigenvalue weighted by Crippen LogP contribution is 2.29. The summed E-state index contributed by atoms with van der Waals surface area (Å²) in [6, 6.07) is 5.05. The van der Waals surface area contributed by atoms with Crippen molar-refractivity contribution in [2.75, 3.05) is 17.2 Å². The van der Waals surface area contributed by atoms with Gasteiger partial charge in [0.1, 0.15) is 6.04 Å². The van der Waals surface area contributed by atoms with E-state index in [1.54, 1.807) is 11.0 Å². The number of carbonyl (C=O) groups is 3. The maximum absolute atomic E-state index is 12.5. The van der Waals surface area contributed by atoms with Gasteiger partial charge in [-0.1, -0.05) is 15.9 Å². The third-order valence-corrected chi connectivity index (χ3v) is 4.34. The minimum atomic E-state index is -0.559. The molecule has 0 saturated carbocycles. The Morgan fingerprint density at radius 2 is 2.14 bits per heavy atom. The van der Waals surface area contributed by atoms with Gasteiger partial charge < -0.3 is 10.2 Å². The molecule has 2 aliphatic heterocycles. The Labute approximate surface area is 136 Å². The highest BCUT2D eigenvalue weighted by Gasteiger charge is 2.38. The number of carbonyl (C=O) groups excluding carboxylic acids is 3. The van der Waals surface area contributed by atoms with Gasteiger partial charge in [0.15, 0.2) is 0 Å². The van der Waals surface area contributed by atoms with Crippen molar-refractivity contribution < 1.29 is 14.4 Å². The monoisotopic (exact) mass is 365 g/mol. The van der Waals surface area contributed by atoms with Crippen LogP contribution in [0.25, 0.3) is 0 Å². The lowest BCUT2D eigenvalue weighted by Crippen LogP contribution is -2.52. The quantitative estimate of drug-likeness (QED) is 0.621. The zero-order valence-electron chi connectivity index (χ0n) is 11.9. The largest absolute Gasteiger partial charge is 0.384 e. The van der Waals surface area contributed by atoms with Gasteiger partial charge in [-0.3, -0.25) is 19.7 Å². The SMILES string of the molecule is O=C1CCC(N2Cc3cc(NCCBr)ccc3C2=O)C(=O)N1. The summed E-state index contributed by atoms with van der Waals surface area (Å²) in [5.74, 6) is -0.793. The Morgan fingerprint density at radius 3 is 2.86 bits per heavy atom. The first kappa shape index (κ1) is 15.0. The van der Waals surface area contributed by atoms with Gasteiger partial charge in [0, 0.05) is 36.1 Å². The van der Waals surface area contributed by atoms with Crippen LogP contribution < -0.4 is 10.6 Å². The maximum Gasteiger partial charge on any atom is 0.255 e. The number of benzene rings is 1. The van der Waals surface area contributed by atoms with Crippen LogP contribution in [-0.4, -0.2) is 40.5 Å². The number of hydrogen-bond donors (Lipinski definition) is 2. The molecule has 1 aromatic rings. The molecule has 22 heavy (non-hydrogen) atoms. The van der Waals surface area contributed by atoms with E-state index in [1.165, 1.54) is 0 Å². The second-order valence-corrected chi connectivity index (χ2v) is 6.18. The molecule has 7 heteroatoms. The van der Waals surface area contributed by atoms with Crippen LogP contribution in [-0.2, 0) is 16.1 Å². The molecule has 116 valence electrons. The van der Waals surface area contributed by atoms with E-state index in [9.17, 15) is 14.4 Å². The van der Waals surface area contributed by atoms with Crippen LogP contribution in [0, 0.1) is 0 Å². The summed E-state index contributed by atoms with van der Waals surface area (Å²) >= 11 is 3.36. The number of fused-ring (bicyclic) bond motifs is 1. The van der Waals surface area contributed by atoms with Crippen molar-refractivity contribution in [1.29, 1.82) is 0 Å². The third kappa shape index (κ3) is 2.72. The van der Waals surface area contributed by atoms with Gasteiger partial charge in [-0.2, -0.15) is 0 Å². The van der Waals surface area contributed by atoms with E-state index in [0.717, 1.165) is 23.1 Å². The summed E-state index contributed by atoms with van der Waals surface area (Å²) in [4.78, 5) is 37.2. The molecule has 2 aliphatic rings. The Hall–Kier alpha value is -1.89. The second-order valence-electron chi connectivity index (χ2n) is 5.39. The predicted molar refractivity (Wildman–Crippen MR) is 84.8 cm³/mol. The number of alkyl halides is 1. The van der Waals surface area contributed by atoms with Crippen molar-refractivity contribution in [3.05, 3.63) is 29.3 Å². The fraction of sp³-hybridized carbons (Fsp3) is 0.400. The molecule has 0 spiro atoms. The Morgan fingerprint density at radius 1 is 1.32 bits per heavy atom. The van der Waals surface area contributed by atoms with Gasteiger partial charge in [-0.05, 0) is 30.2 Å². The molecular weight excluding hydrogens is 350 g/mol. The Bertz CT molecular complexity index is 647. The number of rotatable bonds is 4. The minimum Gasteiger partial charge on any atom is -0.384 e. The van der Waals surface area contributed by atoms with E-state index >= 15 is 0 Å². The lowest BCUT2D eigenvalue weighted by molar-refractivity contribution is -0.136. The van der Waals surface area contributed by atoms with E-state index in [0.29, 0.717) is 18.5 Å². The molecule has 0 bridgehead atoms. The molecule has 1 unspecified atom stereocenters. The first-order valence-corrected chi connectivity index (χ1v) is 8.29. The van der Waals surface area contributed by atoms with Gasteiger partial charge >= 0.3 is 0 Å². The maximum atomic E-state index is 12.5. The summed E-state index contributed by atoms with van der Waals surface area (Å²) in [6.07, 6.45) is 0.660. The fourth-order valence-corrected chi connectivity index (χ4v) is 3.07. The molecule has 2 heterocycles. The number of halogens is 1. The van der Waals surface area contributed by atoms with Crippen molar-refractivity contribution in [3.63, 3.8) is 0 Å². The summed E-state index contributed by atoms with van der Waals surface area (Å²) in [5.41, 5.74) is 2.50. The van der Waals surface area contributed by atoms with Crippen molar-refractivity contribution in [2.24, 2.45) is 0 Å². The Kier molecular flexibility index (Phi) is 4.15. The molecule has 3 amide bonds. The van der Waals surface area contributed by atoms with E-state index in [1.807, 2.05) is 12.1 Å². The summed E-state index contributed by atoms with van der Waals surface area (Å²) in [6.45, 7) is 1.20. The lowest BCUT2D eigenvalue weighted by atomic mass is 10.0. The zero-order valence-corrected chi connectivity index (χ0v) is 13.5. The lowest BCUT2D eigenvalue weighted by Gasteiger charge is -2.29. The number of nitrogens with one attached hydrogen (secondary N) is 2. The molecule has 0 aliphatic carbocycles. The molecule has 1 atom stereocenters. The van der Waals surface area contributed by atoms with Gasteiger partial charge in [0.05, 0.1) is 0 Å². The van der Waals surface area contributed by atoms with E-state index in [2.05, 4.69) is 26.6 Å². The van der Waals surface area contributed by atoms with Gasteiger partial charge in [-0.15, -0.1) is 0 Å². The zero-order chi connectivity index (χ0) is 15.7. The van der Waals surface area contributed by atoms with E-state index in [-0.39, 0.29) is 24.1 Å². The van der Waals surface area contributed by atoms with Crippen LogP contribution in [0.3, 0.4) is 0 Å². The molecule has 0 aromatic heterocycles. The highest BCUT2D eigenvalue weighted by molar-refractivity contribution is 9.09. The Balaban J connectivity index is 1.78. The van der Waals surface area contributed by atoms with Crippen LogP contribution in [0.15, 0.2) is 18.2 Å². The highest BCUT2D eigenvalue weighted by atomic mass is 79.9. The molecule has 3 rings (SSSR count). The van der Waals surface area contributed by atoms with Crippen molar-refractivity contribution >= 4 is 39.3 Å².